The van der Waals surface area contributed by atoms with Crippen LogP contribution < -0.4 is 5.32 Å². The van der Waals surface area contributed by atoms with Crippen LogP contribution in [-0.2, 0) is 6.54 Å². The molecule has 20 heavy (non-hydrogen) atoms. The predicted molar refractivity (Wildman–Crippen MR) is 63.0 cm³/mol. The topological polar surface area (TPSA) is 68.1 Å². The van der Waals surface area contributed by atoms with E-state index in [-0.39, 0.29) is 23.5 Å². The van der Waals surface area contributed by atoms with E-state index in [1.165, 1.54) is 20.0 Å². The summed E-state index contributed by atoms with van der Waals surface area (Å²) in [5, 5.41) is 13.0. The summed E-state index contributed by atoms with van der Waals surface area (Å²) >= 11 is 0. The van der Waals surface area contributed by atoms with Crippen LogP contribution in [-0.4, -0.2) is 28.8 Å². The Morgan fingerprint density at radius 1 is 1.45 bits per heavy atom. The minimum absolute atomic E-state index is 0.155. The molecule has 1 aromatic rings. The number of nitro groups is 1. The zero-order chi connectivity index (χ0) is 15.5. The summed E-state index contributed by atoms with van der Waals surface area (Å²) in [5.74, 6) is -4.15. The summed E-state index contributed by atoms with van der Waals surface area (Å²) in [6.07, 6.45) is -2.52. The lowest BCUT2D eigenvalue weighted by atomic mass is 10.1. The number of pyridine rings is 1. The fourth-order valence-corrected chi connectivity index (χ4v) is 1.65. The fourth-order valence-electron chi connectivity index (χ4n) is 1.65. The molecule has 1 heterocycles. The number of nitrogens with one attached hydrogen (secondary N) is 1. The highest BCUT2D eigenvalue weighted by Gasteiger charge is 2.40. The van der Waals surface area contributed by atoms with Crippen molar-refractivity contribution in [1.29, 1.82) is 0 Å². The van der Waals surface area contributed by atoms with Crippen LogP contribution in [0.25, 0.3) is 0 Å². The second-order valence-electron chi connectivity index (χ2n) is 4.28. The summed E-state index contributed by atoms with van der Waals surface area (Å²) in [5.41, 5.74) is 0.585. The molecule has 0 aliphatic carbocycles. The molecule has 0 unspecified atom stereocenters. The van der Waals surface area contributed by atoms with E-state index in [0.29, 0.717) is 5.56 Å². The average molecular weight is 295 g/mol. The molecule has 0 aliphatic rings. The standard InChI is InChI=1S/C11H13F4N3O2/c1-6-3-17-8(7(2)9(6)18(19)20)4-16-5-11(14,15)10(12)13/h3,10,16H,4-5H2,1-2H3. The first-order valence-electron chi connectivity index (χ1n) is 5.63. The molecule has 9 heteroatoms. The SMILES string of the molecule is Cc1cnc(CNCC(F)(F)C(F)F)c(C)c1[N+](=O)[O-]. The van der Waals surface area contributed by atoms with Crippen molar-refractivity contribution in [1.82, 2.24) is 10.3 Å². The minimum atomic E-state index is -4.15. The van der Waals surface area contributed by atoms with E-state index in [0.717, 1.165) is 0 Å². The zero-order valence-corrected chi connectivity index (χ0v) is 10.8. The van der Waals surface area contributed by atoms with Crippen LogP contribution in [0.3, 0.4) is 0 Å². The van der Waals surface area contributed by atoms with Gasteiger partial charge in [0.25, 0.3) is 5.69 Å². The molecule has 1 N–H and O–H groups in total. The lowest BCUT2D eigenvalue weighted by Crippen LogP contribution is -2.38. The van der Waals surface area contributed by atoms with E-state index < -0.39 is 23.8 Å². The lowest BCUT2D eigenvalue weighted by molar-refractivity contribution is -0.386. The predicted octanol–water partition coefficient (Wildman–Crippen LogP) is 2.60. The van der Waals surface area contributed by atoms with Crippen molar-refractivity contribution in [2.75, 3.05) is 6.54 Å². The van der Waals surface area contributed by atoms with Crippen LogP contribution in [0.1, 0.15) is 16.8 Å². The van der Waals surface area contributed by atoms with Crippen LogP contribution >= 0.6 is 0 Å². The van der Waals surface area contributed by atoms with Gasteiger partial charge in [0, 0.05) is 23.9 Å². The Morgan fingerprint density at radius 3 is 2.55 bits per heavy atom. The molecule has 0 saturated carbocycles. The van der Waals surface area contributed by atoms with Gasteiger partial charge in [0.05, 0.1) is 17.2 Å². The molecule has 0 spiro atoms. The highest BCUT2D eigenvalue weighted by Crippen LogP contribution is 2.25. The van der Waals surface area contributed by atoms with Gasteiger partial charge in [0.2, 0.25) is 0 Å². The highest BCUT2D eigenvalue weighted by molar-refractivity contribution is 5.47. The van der Waals surface area contributed by atoms with Gasteiger partial charge in [-0.15, -0.1) is 0 Å². The van der Waals surface area contributed by atoms with Crippen molar-refractivity contribution < 1.29 is 22.5 Å². The van der Waals surface area contributed by atoms with Gasteiger partial charge in [0.15, 0.2) is 0 Å². The van der Waals surface area contributed by atoms with Gasteiger partial charge in [0.1, 0.15) is 0 Å². The maximum Gasteiger partial charge on any atom is 0.319 e. The number of aryl methyl sites for hydroxylation is 1. The second kappa shape index (κ2) is 6.12. The molecule has 0 aromatic carbocycles. The monoisotopic (exact) mass is 295 g/mol. The number of alkyl halides is 4. The van der Waals surface area contributed by atoms with E-state index in [1.807, 2.05) is 0 Å². The van der Waals surface area contributed by atoms with Crippen molar-refractivity contribution in [2.45, 2.75) is 32.7 Å². The summed E-state index contributed by atoms with van der Waals surface area (Å²) in [4.78, 5) is 14.1. The van der Waals surface area contributed by atoms with Crippen molar-refractivity contribution in [2.24, 2.45) is 0 Å². The fraction of sp³-hybridized carbons (Fsp3) is 0.545. The molecule has 0 radical (unpaired) electrons. The molecule has 5 nitrogen and oxygen atoms in total. The second-order valence-corrected chi connectivity index (χ2v) is 4.28. The summed E-state index contributed by atoms with van der Waals surface area (Å²) in [6, 6.07) is 0. The van der Waals surface area contributed by atoms with Crippen LogP contribution in [0.2, 0.25) is 0 Å². The Morgan fingerprint density at radius 2 is 2.05 bits per heavy atom. The number of nitrogens with zero attached hydrogens (tertiary/aromatic N) is 2. The van der Waals surface area contributed by atoms with Gasteiger partial charge < -0.3 is 5.32 Å². The maximum absolute atomic E-state index is 12.7. The zero-order valence-electron chi connectivity index (χ0n) is 10.8. The third-order valence-corrected chi connectivity index (χ3v) is 2.73. The molecule has 0 atom stereocenters. The third-order valence-electron chi connectivity index (χ3n) is 2.73. The van der Waals surface area contributed by atoms with E-state index in [9.17, 15) is 27.7 Å². The van der Waals surface area contributed by atoms with Crippen molar-refractivity contribution >= 4 is 5.69 Å². The quantitative estimate of drug-likeness (QED) is 0.497. The van der Waals surface area contributed by atoms with Gasteiger partial charge >= 0.3 is 12.3 Å². The Bertz CT molecular complexity index is 509. The van der Waals surface area contributed by atoms with Gasteiger partial charge in [-0.3, -0.25) is 15.1 Å². The summed E-state index contributed by atoms with van der Waals surface area (Å²) < 4.78 is 49.3. The first-order valence-corrected chi connectivity index (χ1v) is 5.63. The van der Waals surface area contributed by atoms with E-state index in [1.54, 1.807) is 0 Å². The molecular weight excluding hydrogens is 282 g/mol. The van der Waals surface area contributed by atoms with E-state index in [2.05, 4.69) is 10.3 Å². The van der Waals surface area contributed by atoms with Crippen LogP contribution in [0.15, 0.2) is 6.20 Å². The van der Waals surface area contributed by atoms with Crippen molar-refractivity contribution in [3.63, 3.8) is 0 Å². The van der Waals surface area contributed by atoms with Crippen LogP contribution in [0, 0.1) is 24.0 Å². The Hall–Kier alpha value is -1.77. The largest absolute Gasteiger partial charge is 0.319 e. The van der Waals surface area contributed by atoms with E-state index in [4.69, 9.17) is 0 Å². The molecule has 0 aliphatic heterocycles. The molecule has 0 bridgehead atoms. The van der Waals surface area contributed by atoms with Crippen molar-refractivity contribution in [3.8, 4) is 0 Å². The molecular formula is C11H13F4N3O2. The summed E-state index contributed by atoms with van der Waals surface area (Å²) in [7, 11) is 0. The maximum atomic E-state index is 12.7. The Balaban J connectivity index is 2.80. The molecule has 1 aromatic heterocycles. The van der Waals surface area contributed by atoms with Gasteiger partial charge in [-0.25, -0.2) is 8.78 Å². The number of hydrogen-bond acceptors (Lipinski definition) is 4. The molecule has 1 rings (SSSR count). The van der Waals surface area contributed by atoms with E-state index >= 15 is 0 Å². The number of halogens is 4. The Kier molecular flexibility index (Phi) is 4.98. The average Bonchev–Trinajstić information content (AvgIpc) is 2.31. The summed E-state index contributed by atoms with van der Waals surface area (Å²) in [6.45, 7) is 1.45. The Labute approximate surface area is 112 Å². The van der Waals surface area contributed by atoms with Gasteiger partial charge in [-0.05, 0) is 13.8 Å². The lowest BCUT2D eigenvalue weighted by Gasteiger charge is -2.16. The number of rotatable bonds is 6. The smallest absolute Gasteiger partial charge is 0.305 e. The molecule has 112 valence electrons. The van der Waals surface area contributed by atoms with Crippen LogP contribution in [0.5, 0.6) is 0 Å². The van der Waals surface area contributed by atoms with Crippen molar-refractivity contribution in [3.05, 3.63) is 33.1 Å². The molecule has 0 saturated heterocycles. The number of hydrogen-bond donors (Lipinski definition) is 1. The molecule has 0 fully saturated rings. The highest BCUT2D eigenvalue weighted by atomic mass is 19.3. The molecule has 0 amide bonds. The van der Waals surface area contributed by atoms with Crippen LogP contribution in [0.4, 0.5) is 23.2 Å². The van der Waals surface area contributed by atoms with Gasteiger partial charge in [-0.1, -0.05) is 0 Å². The van der Waals surface area contributed by atoms with Gasteiger partial charge in [-0.2, -0.15) is 8.78 Å². The first kappa shape index (κ1) is 16.3. The third kappa shape index (κ3) is 3.62. The minimum Gasteiger partial charge on any atom is -0.305 e. The normalized spacial score (nSPS) is 11.9. The first-order chi connectivity index (χ1) is 9.16. The number of aromatic nitrogens is 1.